The van der Waals surface area contributed by atoms with E-state index in [1.807, 2.05) is 37.3 Å². The maximum absolute atomic E-state index is 15.4. The Balaban J connectivity index is 1.94. The van der Waals surface area contributed by atoms with Gasteiger partial charge in [0, 0.05) is 34.2 Å². The lowest BCUT2D eigenvalue weighted by Gasteiger charge is -2.32. The molecule has 0 bridgehead atoms. The molecule has 1 aliphatic rings. The van der Waals surface area contributed by atoms with Gasteiger partial charge in [0.2, 0.25) is 0 Å². The van der Waals surface area contributed by atoms with Crippen molar-refractivity contribution in [3.63, 3.8) is 0 Å². The van der Waals surface area contributed by atoms with E-state index in [4.69, 9.17) is 22.1 Å². The number of hydrogen-bond acceptors (Lipinski definition) is 3. The summed E-state index contributed by atoms with van der Waals surface area (Å²) in [7, 11) is 0. The minimum absolute atomic E-state index is 0.108. The van der Waals surface area contributed by atoms with Crippen LogP contribution in [-0.4, -0.2) is 13.2 Å². The molecule has 2 atom stereocenters. The van der Waals surface area contributed by atoms with Crippen molar-refractivity contribution >= 4 is 11.6 Å². The van der Waals surface area contributed by atoms with Crippen LogP contribution in [0.5, 0.6) is 11.5 Å². The number of halogens is 4. The molecule has 0 unspecified atom stereocenters. The van der Waals surface area contributed by atoms with Gasteiger partial charge in [-0.25, -0.2) is 4.39 Å². The Morgan fingerprint density at radius 3 is 2.45 bits per heavy atom. The molecular formula is C24H21ClF3NO2. The summed E-state index contributed by atoms with van der Waals surface area (Å²) in [5.41, 5.74) is 7.93. The van der Waals surface area contributed by atoms with Crippen molar-refractivity contribution in [1.82, 2.24) is 0 Å². The first kappa shape index (κ1) is 21.5. The number of ether oxygens (including phenoxy) is 2. The van der Waals surface area contributed by atoms with Crippen LogP contribution in [0.25, 0.3) is 11.1 Å². The molecule has 0 radical (unpaired) electrons. The number of alkyl halides is 2. The Kier molecular flexibility index (Phi) is 5.62. The summed E-state index contributed by atoms with van der Waals surface area (Å²) in [5, 5.41) is 0.284. The Hall–Kier alpha value is -2.70. The highest BCUT2D eigenvalue weighted by Gasteiger charge is 2.48. The Morgan fingerprint density at radius 1 is 1.10 bits per heavy atom. The second-order valence-electron chi connectivity index (χ2n) is 7.57. The van der Waals surface area contributed by atoms with Crippen LogP contribution in [-0.2, 0) is 5.60 Å². The molecule has 3 aromatic rings. The number of aryl methyl sites for hydroxylation is 1. The van der Waals surface area contributed by atoms with E-state index in [0.29, 0.717) is 22.4 Å². The first-order valence-corrected chi connectivity index (χ1v) is 10.2. The van der Waals surface area contributed by atoms with Crippen molar-refractivity contribution in [3.8, 4) is 22.6 Å². The minimum atomic E-state index is -3.15. The van der Waals surface area contributed by atoms with Gasteiger partial charge < -0.3 is 15.2 Å². The molecule has 3 aromatic carbocycles. The Bertz CT molecular complexity index is 1120. The highest BCUT2D eigenvalue weighted by atomic mass is 35.5. The number of fused-ring (bicyclic) bond motifs is 1. The van der Waals surface area contributed by atoms with Gasteiger partial charge in [-0.05, 0) is 36.2 Å². The predicted octanol–water partition coefficient (Wildman–Crippen LogP) is 6.41. The zero-order valence-corrected chi connectivity index (χ0v) is 17.7. The quantitative estimate of drug-likeness (QED) is 0.491. The van der Waals surface area contributed by atoms with Crippen LogP contribution in [0.1, 0.15) is 29.5 Å². The highest BCUT2D eigenvalue weighted by Crippen LogP contribution is 2.55. The lowest BCUT2D eigenvalue weighted by molar-refractivity contribution is -0.0521. The third-order valence-electron chi connectivity index (χ3n) is 5.93. The van der Waals surface area contributed by atoms with Crippen LogP contribution in [0.2, 0.25) is 5.02 Å². The molecule has 0 aliphatic carbocycles. The third-order valence-corrected chi connectivity index (χ3v) is 6.24. The van der Waals surface area contributed by atoms with E-state index in [1.54, 1.807) is 19.1 Å². The van der Waals surface area contributed by atoms with Crippen molar-refractivity contribution in [2.24, 2.45) is 5.73 Å². The van der Waals surface area contributed by atoms with Crippen molar-refractivity contribution in [2.45, 2.75) is 32.0 Å². The molecule has 1 heterocycles. The van der Waals surface area contributed by atoms with Gasteiger partial charge in [0.15, 0.2) is 17.2 Å². The van der Waals surface area contributed by atoms with E-state index in [-0.39, 0.29) is 23.0 Å². The molecule has 162 valence electrons. The van der Waals surface area contributed by atoms with Crippen LogP contribution < -0.4 is 15.2 Å². The molecular weight excluding hydrogens is 427 g/mol. The normalized spacial score (nSPS) is 19.9. The van der Waals surface area contributed by atoms with Crippen molar-refractivity contribution in [1.29, 1.82) is 0 Å². The fourth-order valence-electron chi connectivity index (χ4n) is 4.38. The summed E-state index contributed by atoms with van der Waals surface area (Å²) in [5.74, 6) is -1.20. The van der Waals surface area contributed by atoms with Gasteiger partial charge in [0.25, 0.3) is 0 Å². The largest absolute Gasteiger partial charge is 0.480 e. The van der Waals surface area contributed by atoms with Gasteiger partial charge >= 0.3 is 6.61 Å². The molecule has 0 fully saturated rings. The van der Waals surface area contributed by atoms with Crippen LogP contribution in [0.15, 0.2) is 54.6 Å². The van der Waals surface area contributed by atoms with Crippen molar-refractivity contribution < 1.29 is 22.6 Å². The van der Waals surface area contributed by atoms with Gasteiger partial charge in [-0.2, -0.15) is 8.78 Å². The summed E-state index contributed by atoms with van der Waals surface area (Å²) in [4.78, 5) is 0. The zero-order valence-electron chi connectivity index (χ0n) is 17.0. The second kappa shape index (κ2) is 8.09. The molecule has 0 aromatic heterocycles. The lowest BCUT2D eigenvalue weighted by atomic mass is 9.77. The standard InChI is InChI=1S/C24H21ClF3NO2/c1-13-8-10-18(30-23(27)28)22(26)19(13)21-16(25)9-11-17-20(21)14(2)24(12-29,31-17)15-6-4-3-5-7-15/h3-11,14,23H,12,29H2,1-2H3/t14-,24-/m0/s1. The molecule has 0 amide bonds. The fourth-order valence-corrected chi connectivity index (χ4v) is 4.64. The number of hydrogen-bond donors (Lipinski definition) is 1. The van der Waals surface area contributed by atoms with Crippen molar-refractivity contribution in [2.75, 3.05) is 6.54 Å². The van der Waals surface area contributed by atoms with E-state index >= 15 is 4.39 Å². The van der Waals surface area contributed by atoms with Crippen LogP contribution in [0.4, 0.5) is 13.2 Å². The average Bonchev–Trinajstić information content (AvgIpc) is 3.05. The maximum Gasteiger partial charge on any atom is 0.387 e. The third kappa shape index (κ3) is 3.44. The van der Waals surface area contributed by atoms with E-state index in [0.717, 1.165) is 5.56 Å². The molecule has 0 saturated carbocycles. The molecule has 0 saturated heterocycles. The van der Waals surface area contributed by atoms with Gasteiger partial charge in [-0.3, -0.25) is 0 Å². The van der Waals surface area contributed by atoms with Crippen LogP contribution >= 0.6 is 11.6 Å². The lowest BCUT2D eigenvalue weighted by Crippen LogP contribution is -2.41. The van der Waals surface area contributed by atoms with Crippen LogP contribution in [0.3, 0.4) is 0 Å². The first-order chi connectivity index (χ1) is 14.8. The monoisotopic (exact) mass is 447 g/mol. The number of rotatable bonds is 5. The SMILES string of the molecule is Cc1ccc(OC(F)F)c(F)c1-c1c(Cl)ccc2c1[C@H](C)[C@@](CN)(c1ccccc1)O2. The summed E-state index contributed by atoms with van der Waals surface area (Å²) in [6.45, 7) is 0.666. The summed E-state index contributed by atoms with van der Waals surface area (Å²) >= 11 is 6.55. The van der Waals surface area contributed by atoms with E-state index in [2.05, 4.69) is 4.74 Å². The molecule has 4 rings (SSSR count). The topological polar surface area (TPSA) is 44.5 Å². The molecule has 2 N–H and O–H groups in total. The van der Waals surface area contributed by atoms with E-state index in [9.17, 15) is 8.78 Å². The molecule has 31 heavy (non-hydrogen) atoms. The highest BCUT2D eigenvalue weighted by molar-refractivity contribution is 6.33. The number of nitrogens with two attached hydrogens (primary N) is 1. The summed E-state index contributed by atoms with van der Waals surface area (Å²) in [6.07, 6.45) is 0. The summed E-state index contributed by atoms with van der Waals surface area (Å²) < 4.78 is 51.7. The zero-order chi connectivity index (χ0) is 22.3. The fraction of sp³-hybridized carbons (Fsp3) is 0.250. The minimum Gasteiger partial charge on any atom is -0.480 e. The summed E-state index contributed by atoms with van der Waals surface area (Å²) in [6, 6.07) is 15.6. The molecule has 7 heteroatoms. The smallest absolute Gasteiger partial charge is 0.387 e. The van der Waals surface area contributed by atoms with Gasteiger partial charge in [0.05, 0.1) is 0 Å². The maximum atomic E-state index is 15.4. The van der Waals surface area contributed by atoms with Gasteiger partial charge in [0.1, 0.15) is 5.75 Å². The molecule has 0 spiro atoms. The molecule has 3 nitrogen and oxygen atoms in total. The number of benzene rings is 3. The van der Waals surface area contributed by atoms with Crippen molar-refractivity contribution in [3.05, 3.63) is 82.1 Å². The predicted molar refractivity (Wildman–Crippen MR) is 114 cm³/mol. The Labute approximate surface area is 183 Å². The average molecular weight is 448 g/mol. The Morgan fingerprint density at radius 2 is 1.81 bits per heavy atom. The van der Waals surface area contributed by atoms with Crippen LogP contribution in [0, 0.1) is 12.7 Å². The van der Waals surface area contributed by atoms with Gasteiger partial charge in [-0.1, -0.05) is 54.9 Å². The van der Waals surface area contributed by atoms with E-state index in [1.165, 1.54) is 12.1 Å². The first-order valence-electron chi connectivity index (χ1n) is 9.81. The van der Waals surface area contributed by atoms with E-state index < -0.39 is 23.8 Å². The second-order valence-corrected chi connectivity index (χ2v) is 7.97. The van der Waals surface area contributed by atoms with Gasteiger partial charge in [-0.15, -0.1) is 0 Å². The molecule has 1 aliphatic heterocycles.